The van der Waals surface area contributed by atoms with Crippen LogP contribution in [0.5, 0.6) is 0 Å². The Hall–Kier alpha value is -1.63. The lowest BCUT2D eigenvalue weighted by atomic mass is 10.1. The number of carbonyl (C=O) groups excluding carboxylic acids is 2. The fourth-order valence-corrected chi connectivity index (χ4v) is 3.01. The summed E-state index contributed by atoms with van der Waals surface area (Å²) in [4.78, 5) is 27.6. The second-order valence-electron chi connectivity index (χ2n) is 4.59. The molecule has 0 fully saturated rings. The molecule has 23 heavy (non-hydrogen) atoms. The molecule has 0 aliphatic rings. The Bertz CT molecular complexity index is 718. The molecule has 122 valence electrons. The third-order valence-electron chi connectivity index (χ3n) is 2.80. The molecule has 1 aromatic carbocycles. The summed E-state index contributed by atoms with van der Waals surface area (Å²) in [5, 5.41) is 5.78. The van der Waals surface area contributed by atoms with E-state index in [4.69, 9.17) is 27.9 Å². The molecule has 0 spiro atoms. The third kappa shape index (κ3) is 5.49. The van der Waals surface area contributed by atoms with Gasteiger partial charge in [-0.05, 0) is 24.6 Å². The van der Waals surface area contributed by atoms with Crippen molar-refractivity contribution >= 4 is 51.5 Å². The number of hydrogen-bond acceptors (Lipinski definition) is 5. The van der Waals surface area contributed by atoms with Crippen LogP contribution in [0.4, 0.5) is 5.13 Å². The van der Waals surface area contributed by atoms with Crippen LogP contribution >= 0.6 is 34.5 Å². The summed E-state index contributed by atoms with van der Waals surface area (Å²) < 4.78 is 4.85. The fourth-order valence-electron chi connectivity index (χ4n) is 1.81. The highest BCUT2D eigenvalue weighted by molar-refractivity contribution is 7.13. The van der Waals surface area contributed by atoms with E-state index in [1.807, 2.05) is 0 Å². The van der Waals surface area contributed by atoms with E-state index >= 15 is 0 Å². The normalized spacial score (nSPS) is 10.4. The van der Waals surface area contributed by atoms with Crippen LogP contribution in [0.3, 0.4) is 0 Å². The highest BCUT2D eigenvalue weighted by Crippen LogP contribution is 2.22. The molecule has 1 heterocycles. The zero-order valence-electron chi connectivity index (χ0n) is 12.3. The molecule has 0 radical (unpaired) electrons. The number of nitrogens with one attached hydrogen (secondary N) is 1. The highest BCUT2D eigenvalue weighted by atomic mass is 35.5. The third-order valence-corrected chi connectivity index (χ3v) is 4.19. The number of halogens is 2. The van der Waals surface area contributed by atoms with Crippen LogP contribution < -0.4 is 5.32 Å². The smallest absolute Gasteiger partial charge is 0.311 e. The first-order chi connectivity index (χ1) is 11.0. The molecule has 5 nitrogen and oxygen atoms in total. The Kier molecular flexibility index (Phi) is 6.38. The molecule has 0 bridgehead atoms. The second kappa shape index (κ2) is 8.29. The van der Waals surface area contributed by atoms with E-state index in [2.05, 4.69) is 10.3 Å². The van der Waals surface area contributed by atoms with Crippen LogP contribution in [-0.2, 0) is 27.2 Å². The fraction of sp³-hybridized carbons (Fsp3) is 0.267. The van der Waals surface area contributed by atoms with Crippen molar-refractivity contribution < 1.29 is 14.3 Å². The number of ether oxygens (including phenoxy) is 1. The molecule has 2 rings (SSSR count). The van der Waals surface area contributed by atoms with Gasteiger partial charge in [0.05, 0.1) is 25.1 Å². The number of benzene rings is 1. The van der Waals surface area contributed by atoms with Gasteiger partial charge in [-0.2, -0.15) is 0 Å². The van der Waals surface area contributed by atoms with E-state index in [1.54, 1.807) is 30.5 Å². The summed E-state index contributed by atoms with van der Waals surface area (Å²) >= 11 is 13.1. The Morgan fingerprint density at radius 1 is 1.30 bits per heavy atom. The van der Waals surface area contributed by atoms with Crippen LogP contribution in [0.15, 0.2) is 23.6 Å². The average molecular weight is 373 g/mol. The van der Waals surface area contributed by atoms with Crippen molar-refractivity contribution in [3.8, 4) is 0 Å². The first-order valence-corrected chi connectivity index (χ1v) is 8.45. The van der Waals surface area contributed by atoms with Gasteiger partial charge < -0.3 is 10.1 Å². The minimum absolute atomic E-state index is 0.0865. The van der Waals surface area contributed by atoms with Gasteiger partial charge in [-0.3, -0.25) is 9.59 Å². The minimum Gasteiger partial charge on any atom is -0.466 e. The van der Waals surface area contributed by atoms with E-state index < -0.39 is 0 Å². The zero-order chi connectivity index (χ0) is 16.8. The van der Waals surface area contributed by atoms with Gasteiger partial charge in [-0.15, -0.1) is 11.3 Å². The van der Waals surface area contributed by atoms with Crippen molar-refractivity contribution in [3.63, 3.8) is 0 Å². The number of anilines is 1. The molecule has 0 saturated heterocycles. The molecule has 0 atom stereocenters. The molecular formula is C15H14Cl2N2O3S. The molecule has 1 aromatic heterocycles. The average Bonchev–Trinajstić information content (AvgIpc) is 2.89. The Morgan fingerprint density at radius 2 is 2.09 bits per heavy atom. The van der Waals surface area contributed by atoms with Gasteiger partial charge in [0.15, 0.2) is 5.13 Å². The largest absolute Gasteiger partial charge is 0.466 e. The van der Waals surface area contributed by atoms with Crippen LogP contribution in [0, 0.1) is 0 Å². The van der Waals surface area contributed by atoms with Crippen molar-refractivity contribution in [1.82, 2.24) is 4.98 Å². The Labute approximate surface area is 147 Å². The lowest BCUT2D eigenvalue weighted by Crippen LogP contribution is -2.14. The molecule has 0 aliphatic heterocycles. The Morgan fingerprint density at radius 3 is 2.78 bits per heavy atom. The summed E-state index contributed by atoms with van der Waals surface area (Å²) in [6, 6.07) is 4.97. The van der Waals surface area contributed by atoms with E-state index in [1.165, 1.54) is 11.3 Å². The minimum atomic E-state index is -0.344. The summed E-state index contributed by atoms with van der Waals surface area (Å²) in [5.74, 6) is -0.588. The van der Waals surface area contributed by atoms with Gasteiger partial charge in [0.25, 0.3) is 0 Å². The van der Waals surface area contributed by atoms with Crippen molar-refractivity contribution in [2.24, 2.45) is 0 Å². The van der Waals surface area contributed by atoms with Crippen molar-refractivity contribution in [1.29, 1.82) is 0 Å². The maximum Gasteiger partial charge on any atom is 0.311 e. The summed E-state index contributed by atoms with van der Waals surface area (Å²) in [7, 11) is 0. The number of hydrogen-bond donors (Lipinski definition) is 1. The number of thiazole rings is 1. The number of aromatic nitrogens is 1. The number of nitrogens with zero attached hydrogens (tertiary/aromatic N) is 1. The lowest BCUT2D eigenvalue weighted by Gasteiger charge is -2.04. The summed E-state index contributed by atoms with van der Waals surface area (Å²) in [6.45, 7) is 2.07. The summed E-state index contributed by atoms with van der Waals surface area (Å²) in [6.07, 6.45) is 0.200. The maximum absolute atomic E-state index is 12.0. The van der Waals surface area contributed by atoms with E-state index in [0.717, 1.165) is 0 Å². The monoisotopic (exact) mass is 372 g/mol. The van der Waals surface area contributed by atoms with Crippen molar-refractivity contribution in [3.05, 3.63) is 44.9 Å². The van der Waals surface area contributed by atoms with Crippen LogP contribution in [0.25, 0.3) is 0 Å². The van der Waals surface area contributed by atoms with Gasteiger partial charge in [0.1, 0.15) is 0 Å². The first-order valence-electron chi connectivity index (χ1n) is 6.81. The van der Waals surface area contributed by atoms with Crippen LogP contribution in [0.2, 0.25) is 10.0 Å². The van der Waals surface area contributed by atoms with Gasteiger partial charge in [-0.1, -0.05) is 29.3 Å². The van der Waals surface area contributed by atoms with Gasteiger partial charge >= 0.3 is 5.97 Å². The van der Waals surface area contributed by atoms with E-state index in [-0.39, 0.29) is 24.7 Å². The molecule has 1 amide bonds. The van der Waals surface area contributed by atoms with Crippen LogP contribution in [-0.4, -0.2) is 23.5 Å². The molecule has 1 N–H and O–H groups in total. The predicted molar refractivity (Wildman–Crippen MR) is 91.2 cm³/mol. The van der Waals surface area contributed by atoms with Gasteiger partial charge in [0, 0.05) is 15.4 Å². The second-order valence-corrected chi connectivity index (χ2v) is 6.29. The molecular weight excluding hydrogens is 359 g/mol. The maximum atomic E-state index is 12.0. The van der Waals surface area contributed by atoms with E-state index in [9.17, 15) is 9.59 Å². The lowest BCUT2D eigenvalue weighted by molar-refractivity contribution is -0.142. The quantitative estimate of drug-likeness (QED) is 0.784. The van der Waals surface area contributed by atoms with Crippen molar-refractivity contribution in [2.45, 2.75) is 19.8 Å². The zero-order valence-corrected chi connectivity index (χ0v) is 14.6. The van der Waals surface area contributed by atoms with E-state index in [0.29, 0.717) is 33.0 Å². The van der Waals surface area contributed by atoms with Gasteiger partial charge in [-0.25, -0.2) is 4.98 Å². The number of amides is 1. The number of carbonyl (C=O) groups is 2. The predicted octanol–water partition coefficient (Wildman–Crippen LogP) is 3.74. The topological polar surface area (TPSA) is 68.3 Å². The molecule has 0 unspecified atom stereocenters. The number of esters is 1. The molecule has 2 aromatic rings. The Balaban J connectivity index is 1.93. The molecule has 0 aliphatic carbocycles. The standard InChI is InChI=1S/C15H14Cl2N2O3S/c1-2-22-14(21)7-11-8-23-15(18-11)19-13(20)5-9-3-4-10(16)6-12(9)17/h3-4,6,8H,2,5,7H2,1H3,(H,18,19,20). The SMILES string of the molecule is CCOC(=O)Cc1csc(NC(=O)Cc2ccc(Cl)cc2Cl)n1. The van der Waals surface area contributed by atoms with Crippen LogP contribution in [0.1, 0.15) is 18.2 Å². The molecule has 8 heteroatoms. The number of rotatable bonds is 6. The van der Waals surface area contributed by atoms with Gasteiger partial charge in [0.2, 0.25) is 5.91 Å². The van der Waals surface area contributed by atoms with Crippen molar-refractivity contribution in [2.75, 3.05) is 11.9 Å². The molecule has 0 saturated carbocycles. The first kappa shape index (κ1) is 17.7. The summed E-state index contributed by atoms with van der Waals surface area (Å²) in [5.41, 5.74) is 1.24. The highest BCUT2D eigenvalue weighted by Gasteiger charge is 2.12.